The van der Waals surface area contributed by atoms with Crippen LogP contribution in [-0.2, 0) is 21.5 Å². The van der Waals surface area contributed by atoms with Crippen LogP contribution < -0.4 is 15.8 Å². The first kappa shape index (κ1) is 28.6. The molecule has 2 aliphatic rings. The fourth-order valence-corrected chi connectivity index (χ4v) is 4.42. The van der Waals surface area contributed by atoms with Crippen LogP contribution >= 0.6 is 0 Å². The van der Waals surface area contributed by atoms with Crippen LogP contribution in [0.4, 0.5) is 4.79 Å². The molecular weight excluding hydrogens is 496 g/mol. The molecular formula is C26H36N4O6S. The van der Waals surface area contributed by atoms with Crippen LogP contribution in [0, 0.1) is 0 Å². The number of methoxy groups -OCH3 is 1. The van der Waals surface area contributed by atoms with E-state index in [1.807, 2.05) is 42.5 Å². The van der Waals surface area contributed by atoms with Gasteiger partial charge in [-0.15, -0.1) is 0 Å². The highest BCUT2D eigenvalue weighted by molar-refractivity contribution is 7.85. The number of benzene rings is 2. The van der Waals surface area contributed by atoms with Gasteiger partial charge in [-0.3, -0.25) is 14.2 Å². The molecule has 2 saturated heterocycles. The Kier molecular flexibility index (Phi) is 9.66. The summed E-state index contributed by atoms with van der Waals surface area (Å²) in [4.78, 5) is 29.4. The van der Waals surface area contributed by atoms with Gasteiger partial charge in [-0.2, -0.15) is 8.42 Å². The van der Waals surface area contributed by atoms with E-state index in [1.54, 1.807) is 7.11 Å². The quantitative estimate of drug-likeness (QED) is 0.348. The van der Waals surface area contributed by atoms with Crippen LogP contribution in [0.5, 0.6) is 5.75 Å². The number of nitrogens with one attached hydrogen (secondary N) is 1. The number of rotatable bonds is 8. The van der Waals surface area contributed by atoms with Crippen LogP contribution in [0.2, 0.25) is 0 Å². The van der Waals surface area contributed by atoms with Crippen molar-refractivity contribution in [2.24, 2.45) is 5.73 Å². The zero-order valence-electron chi connectivity index (χ0n) is 21.3. The van der Waals surface area contributed by atoms with Gasteiger partial charge in [0.05, 0.1) is 19.4 Å². The molecule has 1 spiro atoms. The first-order valence-corrected chi connectivity index (χ1v) is 13.9. The van der Waals surface area contributed by atoms with Crippen molar-refractivity contribution in [3.8, 4) is 5.75 Å². The molecule has 4 N–H and O–H groups in total. The minimum atomic E-state index is -3.66. The van der Waals surface area contributed by atoms with Gasteiger partial charge in [-0.05, 0) is 56.0 Å². The number of nitrogens with zero attached hydrogens (tertiary/aromatic N) is 2. The summed E-state index contributed by atoms with van der Waals surface area (Å²) >= 11 is 0. The molecule has 0 radical (unpaired) electrons. The first-order valence-electron chi connectivity index (χ1n) is 12.3. The number of likely N-dealkylation sites (tertiary alicyclic amines) is 1. The van der Waals surface area contributed by atoms with Gasteiger partial charge in [-0.25, -0.2) is 4.79 Å². The highest BCUT2D eigenvalue weighted by atomic mass is 32.2. The average Bonchev–Trinajstić information content (AvgIpc) is 3.13. The van der Waals surface area contributed by atoms with Crippen molar-refractivity contribution in [3.63, 3.8) is 0 Å². The number of ether oxygens (including phenoxy) is 1. The predicted octanol–water partition coefficient (Wildman–Crippen LogP) is 2.57. The maximum absolute atomic E-state index is 13.2. The fourth-order valence-electron chi connectivity index (χ4n) is 4.42. The minimum absolute atomic E-state index is 0.00453. The van der Waals surface area contributed by atoms with E-state index in [1.165, 1.54) is 11.8 Å². The van der Waals surface area contributed by atoms with Crippen LogP contribution in [0.15, 0.2) is 54.6 Å². The molecule has 202 valence electrons. The second-order valence-corrected chi connectivity index (χ2v) is 11.0. The van der Waals surface area contributed by atoms with Crippen molar-refractivity contribution < 1.29 is 27.3 Å². The lowest BCUT2D eigenvalue weighted by molar-refractivity contribution is -0.133. The molecule has 4 rings (SSSR count). The maximum Gasteiger partial charge on any atom is 0.325 e. The Morgan fingerprint density at radius 1 is 1.08 bits per heavy atom. The van der Waals surface area contributed by atoms with Gasteiger partial charge in [0.25, 0.3) is 16.0 Å². The summed E-state index contributed by atoms with van der Waals surface area (Å²) in [5, 5.41) is 2.98. The van der Waals surface area contributed by atoms with E-state index in [2.05, 4.69) is 22.3 Å². The summed E-state index contributed by atoms with van der Waals surface area (Å²) in [5.41, 5.74) is 7.59. The smallest absolute Gasteiger partial charge is 0.325 e. The van der Waals surface area contributed by atoms with Crippen LogP contribution in [0.3, 0.4) is 0 Å². The summed E-state index contributed by atoms with van der Waals surface area (Å²) < 4.78 is 32.1. The van der Waals surface area contributed by atoms with E-state index >= 15 is 0 Å². The van der Waals surface area contributed by atoms with E-state index in [0.717, 1.165) is 42.9 Å². The maximum atomic E-state index is 13.2. The number of piperidine rings is 1. The third-order valence-electron chi connectivity index (χ3n) is 6.80. The molecule has 0 unspecified atom stereocenters. The number of nitrogens with two attached hydrogens (primary N) is 1. The number of hydrogen-bond donors (Lipinski definition) is 3. The topological polar surface area (TPSA) is 142 Å². The normalized spacial score (nSPS) is 18.2. The van der Waals surface area contributed by atoms with Gasteiger partial charge < -0.3 is 20.7 Å². The van der Waals surface area contributed by atoms with Crippen molar-refractivity contribution in [3.05, 3.63) is 65.7 Å². The summed E-state index contributed by atoms with van der Waals surface area (Å²) in [6, 6.07) is 17.2. The Hall–Kier alpha value is -2.99. The molecule has 37 heavy (non-hydrogen) atoms. The van der Waals surface area contributed by atoms with Crippen molar-refractivity contribution in [2.45, 2.75) is 44.3 Å². The monoisotopic (exact) mass is 532 g/mol. The van der Waals surface area contributed by atoms with Crippen molar-refractivity contribution in [1.82, 2.24) is 15.1 Å². The SMILES string of the molecule is CCS(=O)(=O)O.COc1ccc(CN2C(=O)NC3(CCN(CC[C@H](N)c4ccccc4)CC3)C2=O)cc1. The van der Waals surface area contributed by atoms with Crippen molar-refractivity contribution in [1.29, 1.82) is 0 Å². The van der Waals surface area contributed by atoms with E-state index in [4.69, 9.17) is 15.0 Å². The molecule has 2 fully saturated rings. The van der Waals surface area contributed by atoms with E-state index in [0.29, 0.717) is 12.8 Å². The molecule has 2 aromatic carbocycles. The molecule has 3 amide bonds. The molecule has 2 heterocycles. The Balaban J connectivity index is 0.000000568. The average molecular weight is 533 g/mol. The third kappa shape index (κ3) is 7.75. The Labute approximate surface area is 218 Å². The van der Waals surface area contributed by atoms with Gasteiger partial charge >= 0.3 is 6.03 Å². The second kappa shape index (κ2) is 12.5. The van der Waals surface area contributed by atoms with E-state index < -0.39 is 15.7 Å². The van der Waals surface area contributed by atoms with Gasteiger partial charge in [-0.1, -0.05) is 42.5 Å². The lowest BCUT2D eigenvalue weighted by Gasteiger charge is -2.37. The van der Waals surface area contributed by atoms with E-state index in [9.17, 15) is 18.0 Å². The number of urea groups is 1. The van der Waals surface area contributed by atoms with Crippen LogP contribution in [-0.4, -0.2) is 72.7 Å². The van der Waals surface area contributed by atoms with Gasteiger partial charge in [0.1, 0.15) is 11.3 Å². The lowest BCUT2D eigenvalue weighted by atomic mass is 9.87. The molecule has 0 aliphatic carbocycles. The molecule has 2 aromatic rings. The first-order chi connectivity index (χ1) is 17.6. The lowest BCUT2D eigenvalue weighted by Crippen LogP contribution is -2.55. The zero-order valence-corrected chi connectivity index (χ0v) is 22.1. The van der Waals surface area contributed by atoms with Crippen LogP contribution in [0.1, 0.15) is 43.4 Å². The van der Waals surface area contributed by atoms with Crippen molar-refractivity contribution >= 4 is 22.1 Å². The van der Waals surface area contributed by atoms with Gasteiger partial charge in [0.2, 0.25) is 0 Å². The van der Waals surface area contributed by atoms with Crippen molar-refractivity contribution in [2.75, 3.05) is 32.5 Å². The largest absolute Gasteiger partial charge is 0.497 e. The van der Waals surface area contributed by atoms with Gasteiger partial charge in [0, 0.05) is 19.1 Å². The zero-order chi connectivity index (χ0) is 27.1. The minimum Gasteiger partial charge on any atom is -0.497 e. The molecule has 1 atom stereocenters. The standard InChI is InChI=1S/C24H30N4O3.C2H6O3S/c1-31-20-9-7-18(8-10-20)17-28-22(29)24(26-23(28)30)12-15-27(16-13-24)14-11-21(25)19-5-3-2-4-6-19;1-2-6(3,4)5/h2-10,21H,11-17,25H2,1H3,(H,26,30);2H2,1H3,(H,3,4,5)/t21-;/m0./s1. The van der Waals surface area contributed by atoms with E-state index in [-0.39, 0.29) is 30.3 Å². The molecule has 10 nitrogen and oxygen atoms in total. The van der Waals surface area contributed by atoms with Crippen LogP contribution in [0.25, 0.3) is 0 Å². The number of carbonyl (C=O) groups is 2. The Bertz CT molecular complexity index is 1150. The number of amides is 3. The highest BCUT2D eigenvalue weighted by Gasteiger charge is 2.52. The Morgan fingerprint density at radius 2 is 1.68 bits per heavy atom. The second-order valence-electron chi connectivity index (χ2n) is 9.27. The number of hydrogen-bond acceptors (Lipinski definition) is 7. The van der Waals surface area contributed by atoms with Gasteiger partial charge in [0.15, 0.2) is 0 Å². The fraction of sp³-hybridized carbons (Fsp3) is 0.462. The molecule has 0 bridgehead atoms. The molecule has 0 aromatic heterocycles. The highest BCUT2D eigenvalue weighted by Crippen LogP contribution is 2.31. The molecule has 2 aliphatic heterocycles. The summed E-state index contributed by atoms with van der Waals surface area (Å²) in [6.07, 6.45) is 2.11. The summed E-state index contributed by atoms with van der Waals surface area (Å²) in [5.74, 6) is 0.429. The third-order valence-corrected chi connectivity index (χ3v) is 7.53. The Morgan fingerprint density at radius 3 is 2.22 bits per heavy atom. The predicted molar refractivity (Wildman–Crippen MR) is 141 cm³/mol. The molecule has 11 heteroatoms. The number of carbonyl (C=O) groups excluding carboxylic acids is 2. The molecule has 0 saturated carbocycles. The summed E-state index contributed by atoms with van der Waals surface area (Å²) in [7, 11) is -2.05. The summed E-state index contributed by atoms with van der Waals surface area (Å²) in [6.45, 7) is 4.05. The number of imide groups is 1.